The van der Waals surface area contributed by atoms with Crippen LogP contribution in [0.3, 0.4) is 0 Å². The van der Waals surface area contributed by atoms with Crippen LogP contribution >= 0.6 is 0 Å². The van der Waals surface area contributed by atoms with Gasteiger partial charge in [0, 0.05) is 24.6 Å². The number of hydrogen-bond acceptors (Lipinski definition) is 4. The molecule has 5 heteroatoms. The number of ether oxygens (including phenoxy) is 1. The molecular formula is C12H17NO3S. The third-order valence-electron chi connectivity index (χ3n) is 2.74. The van der Waals surface area contributed by atoms with Crippen LogP contribution in [0.2, 0.25) is 0 Å². The zero-order chi connectivity index (χ0) is 12.3. The Morgan fingerprint density at radius 1 is 1.41 bits per heavy atom. The van der Waals surface area contributed by atoms with Gasteiger partial charge in [0.2, 0.25) is 0 Å². The van der Waals surface area contributed by atoms with Crippen LogP contribution in [0.15, 0.2) is 18.2 Å². The number of hydrogen-bond donors (Lipinski definition) is 1. The van der Waals surface area contributed by atoms with Gasteiger partial charge in [-0.25, -0.2) is 8.42 Å². The highest BCUT2D eigenvalue weighted by Crippen LogP contribution is 2.26. The summed E-state index contributed by atoms with van der Waals surface area (Å²) in [4.78, 5) is 0. The van der Waals surface area contributed by atoms with E-state index in [4.69, 9.17) is 4.74 Å². The molecule has 0 unspecified atom stereocenters. The molecule has 4 nitrogen and oxygen atoms in total. The lowest BCUT2D eigenvalue weighted by Crippen LogP contribution is -2.13. The largest absolute Gasteiger partial charge is 0.492 e. The Bertz CT molecular complexity index is 496. The molecule has 0 radical (unpaired) electrons. The molecule has 0 amide bonds. The molecule has 0 aliphatic carbocycles. The Balaban J connectivity index is 1.98. The summed E-state index contributed by atoms with van der Waals surface area (Å²) < 4.78 is 27.4. The summed E-state index contributed by atoms with van der Waals surface area (Å²) in [6.45, 7) is 1.19. The van der Waals surface area contributed by atoms with Gasteiger partial charge in [-0.15, -0.1) is 0 Å². The Morgan fingerprint density at radius 2 is 2.24 bits per heavy atom. The van der Waals surface area contributed by atoms with Crippen molar-refractivity contribution >= 4 is 15.5 Å². The van der Waals surface area contributed by atoms with Crippen LogP contribution < -0.4 is 10.1 Å². The van der Waals surface area contributed by atoms with Crippen LogP contribution in [0, 0.1) is 0 Å². The van der Waals surface area contributed by atoms with Gasteiger partial charge in [-0.1, -0.05) is 6.07 Å². The number of rotatable bonds is 4. The first kappa shape index (κ1) is 12.2. The number of anilines is 1. The van der Waals surface area contributed by atoms with Gasteiger partial charge in [-0.05, 0) is 24.5 Å². The maximum absolute atomic E-state index is 11.0. The van der Waals surface area contributed by atoms with Crippen molar-refractivity contribution in [2.24, 2.45) is 0 Å². The maximum Gasteiger partial charge on any atom is 0.150 e. The SMILES string of the molecule is CS(=O)(=O)CCOc1ccc2c(c1)NCCC2. The summed E-state index contributed by atoms with van der Waals surface area (Å²) >= 11 is 0. The second-order valence-electron chi connectivity index (χ2n) is 4.33. The smallest absolute Gasteiger partial charge is 0.150 e. The molecule has 1 heterocycles. The van der Waals surface area contributed by atoms with Crippen LogP contribution in [0.5, 0.6) is 5.75 Å². The van der Waals surface area contributed by atoms with E-state index >= 15 is 0 Å². The van der Waals surface area contributed by atoms with E-state index in [0.29, 0.717) is 0 Å². The number of nitrogens with one attached hydrogen (secondary N) is 1. The van der Waals surface area contributed by atoms with E-state index in [-0.39, 0.29) is 12.4 Å². The van der Waals surface area contributed by atoms with Gasteiger partial charge < -0.3 is 10.1 Å². The van der Waals surface area contributed by atoms with Crippen molar-refractivity contribution in [2.45, 2.75) is 12.8 Å². The highest BCUT2D eigenvalue weighted by atomic mass is 32.2. The molecule has 0 saturated carbocycles. The number of benzene rings is 1. The average molecular weight is 255 g/mol. The van der Waals surface area contributed by atoms with Crippen molar-refractivity contribution in [2.75, 3.05) is 30.5 Å². The lowest BCUT2D eigenvalue weighted by Gasteiger charge is -2.18. The first-order valence-corrected chi connectivity index (χ1v) is 7.78. The standard InChI is InChI=1S/C12H17NO3S/c1-17(14,15)8-7-16-11-5-4-10-3-2-6-13-12(10)9-11/h4-5,9,13H,2-3,6-8H2,1H3. The van der Waals surface area contributed by atoms with Crippen LogP contribution in [0.1, 0.15) is 12.0 Å². The Kier molecular flexibility index (Phi) is 3.57. The van der Waals surface area contributed by atoms with E-state index in [1.165, 1.54) is 11.8 Å². The third kappa shape index (κ3) is 3.63. The van der Waals surface area contributed by atoms with Crippen molar-refractivity contribution < 1.29 is 13.2 Å². The number of aryl methyl sites for hydroxylation is 1. The molecule has 17 heavy (non-hydrogen) atoms. The number of fused-ring (bicyclic) bond motifs is 1. The molecule has 94 valence electrons. The van der Waals surface area contributed by atoms with Gasteiger partial charge >= 0.3 is 0 Å². The lowest BCUT2D eigenvalue weighted by atomic mass is 10.0. The van der Waals surface area contributed by atoms with Crippen molar-refractivity contribution in [3.8, 4) is 5.75 Å². The molecule has 1 aliphatic heterocycles. The van der Waals surface area contributed by atoms with E-state index in [2.05, 4.69) is 5.32 Å². The zero-order valence-electron chi connectivity index (χ0n) is 9.90. The molecule has 0 bridgehead atoms. The predicted octanol–water partition coefficient (Wildman–Crippen LogP) is 1.47. The average Bonchev–Trinajstić information content (AvgIpc) is 2.27. The maximum atomic E-state index is 11.0. The molecule has 1 aromatic rings. The summed E-state index contributed by atoms with van der Waals surface area (Å²) in [6.07, 6.45) is 3.46. The van der Waals surface area contributed by atoms with Gasteiger partial charge in [0.15, 0.2) is 9.84 Å². The monoisotopic (exact) mass is 255 g/mol. The molecule has 0 fully saturated rings. The second-order valence-corrected chi connectivity index (χ2v) is 6.59. The molecule has 0 aromatic heterocycles. The van der Waals surface area contributed by atoms with Gasteiger partial charge in [-0.3, -0.25) is 0 Å². The molecular weight excluding hydrogens is 238 g/mol. The van der Waals surface area contributed by atoms with E-state index < -0.39 is 9.84 Å². The molecule has 0 saturated heterocycles. The number of sulfone groups is 1. The van der Waals surface area contributed by atoms with Gasteiger partial charge in [0.1, 0.15) is 12.4 Å². The van der Waals surface area contributed by atoms with E-state index in [1.54, 1.807) is 0 Å². The van der Waals surface area contributed by atoms with Crippen LogP contribution in [-0.2, 0) is 16.3 Å². The molecule has 1 aliphatic rings. The Hall–Kier alpha value is -1.23. The van der Waals surface area contributed by atoms with Gasteiger partial charge in [0.25, 0.3) is 0 Å². The van der Waals surface area contributed by atoms with Gasteiger partial charge in [0.05, 0.1) is 5.75 Å². The second kappa shape index (κ2) is 4.96. The highest BCUT2D eigenvalue weighted by molar-refractivity contribution is 7.90. The van der Waals surface area contributed by atoms with Crippen molar-refractivity contribution in [1.29, 1.82) is 0 Å². The Morgan fingerprint density at radius 3 is 3.00 bits per heavy atom. The summed E-state index contributed by atoms with van der Waals surface area (Å²) in [5, 5.41) is 3.31. The lowest BCUT2D eigenvalue weighted by molar-refractivity contribution is 0.341. The molecule has 0 atom stereocenters. The van der Waals surface area contributed by atoms with Crippen molar-refractivity contribution in [3.63, 3.8) is 0 Å². The fourth-order valence-corrected chi connectivity index (χ4v) is 2.23. The van der Waals surface area contributed by atoms with Crippen LogP contribution in [-0.4, -0.2) is 33.6 Å². The summed E-state index contributed by atoms with van der Waals surface area (Å²) in [6, 6.07) is 5.88. The summed E-state index contributed by atoms with van der Waals surface area (Å²) in [5.74, 6) is 0.777. The molecule has 0 spiro atoms. The van der Waals surface area contributed by atoms with Gasteiger partial charge in [-0.2, -0.15) is 0 Å². The predicted molar refractivity (Wildman–Crippen MR) is 68.5 cm³/mol. The minimum absolute atomic E-state index is 0.0531. The van der Waals surface area contributed by atoms with Crippen LogP contribution in [0.25, 0.3) is 0 Å². The van der Waals surface area contributed by atoms with E-state index in [0.717, 1.165) is 30.8 Å². The first-order valence-electron chi connectivity index (χ1n) is 5.72. The van der Waals surface area contributed by atoms with E-state index in [1.807, 2.05) is 18.2 Å². The highest BCUT2D eigenvalue weighted by Gasteiger charge is 2.09. The minimum Gasteiger partial charge on any atom is -0.492 e. The van der Waals surface area contributed by atoms with Crippen LogP contribution in [0.4, 0.5) is 5.69 Å². The third-order valence-corrected chi connectivity index (χ3v) is 3.65. The van der Waals surface area contributed by atoms with Crippen molar-refractivity contribution in [1.82, 2.24) is 0 Å². The molecule has 1 aromatic carbocycles. The molecule has 2 rings (SSSR count). The topological polar surface area (TPSA) is 55.4 Å². The fourth-order valence-electron chi connectivity index (χ4n) is 1.84. The van der Waals surface area contributed by atoms with E-state index in [9.17, 15) is 8.42 Å². The quantitative estimate of drug-likeness (QED) is 0.885. The molecule has 1 N–H and O–H groups in total. The summed E-state index contributed by atoms with van der Waals surface area (Å²) in [7, 11) is -2.95. The minimum atomic E-state index is -2.95. The Labute approximate surface area is 102 Å². The first-order chi connectivity index (χ1) is 8.04. The normalized spacial score (nSPS) is 14.9. The fraction of sp³-hybridized carbons (Fsp3) is 0.500. The summed E-state index contributed by atoms with van der Waals surface area (Å²) in [5.41, 5.74) is 2.40. The van der Waals surface area contributed by atoms with Crippen molar-refractivity contribution in [3.05, 3.63) is 23.8 Å². The zero-order valence-corrected chi connectivity index (χ0v) is 10.7.